The highest BCUT2D eigenvalue weighted by molar-refractivity contribution is 5.77. The van der Waals surface area contributed by atoms with E-state index in [1.165, 1.54) is 5.56 Å². The van der Waals surface area contributed by atoms with Gasteiger partial charge in [-0.15, -0.1) is 0 Å². The maximum Gasteiger partial charge on any atom is 0.226 e. The van der Waals surface area contributed by atoms with Crippen molar-refractivity contribution in [3.05, 3.63) is 29.8 Å². The molecular formula is C19H28N2O2. The topological polar surface area (TPSA) is 41.6 Å². The molecule has 4 nitrogen and oxygen atoms in total. The molecule has 1 amide bonds. The van der Waals surface area contributed by atoms with E-state index >= 15 is 0 Å². The fraction of sp³-hybridized carbons (Fsp3) is 0.632. The van der Waals surface area contributed by atoms with Crippen LogP contribution in [0.4, 0.5) is 0 Å². The number of ether oxygens (including phenoxy) is 1. The Hall–Kier alpha value is -1.55. The summed E-state index contributed by atoms with van der Waals surface area (Å²) < 4.78 is 5.76. The molecule has 23 heavy (non-hydrogen) atoms. The molecule has 2 unspecified atom stereocenters. The van der Waals surface area contributed by atoms with Gasteiger partial charge in [0.2, 0.25) is 5.91 Å². The van der Waals surface area contributed by atoms with Crippen LogP contribution in [0.5, 0.6) is 5.75 Å². The number of hydrogen-bond acceptors (Lipinski definition) is 3. The first kappa shape index (κ1) is 16.3. The number of fused-ring (bicyclic) bond motifs is 2. The van der Waals surface area contributed by atoms with E-state index in [1.807, 2.05) is 12.1 Å². The van der Waals surface area contributed by atoms with E-state index < -0.39 is 0 Å². The first-order valence-corrected chi connectivity index (χ1v) is 8.90. The molecule has 0 spiro atoms. The SMILES string of the molecule is CC(C)c1ccc(OCCC(=O)N2C3CCNCC2CC3)cc1. The quantitative estimate of drug-likeness (QED) is 0.908. The molecule has 2 saturated heterocycles. The zero-order valence-corrected chi connectivity index (χ0v) is 14.3. The van der Waals surface area contributed by atoms with Crippen LogP contribution in [0.25, 0.3) is 0 Å². The molecule has 4 heteroatoms. The number of nitrogens with zero attached hydrogens (tertiary/aromatic N) is 1. The summed E-state index contributed by atoms with van der Waals surface area (Å²) in [5.74, 6) is 1.63. The third-order valence-electron chi connectivity index (χ3n) is 5.07. The van der Waals surface area contributed by atoms with Crippen molar-refractivity contribution in [2.24, 2.45) is 0 Å². The highest BCUT2D eigenvalue weighted by atomic mass is 16.5. The van der Waals surface area contributed by atoms with Crippen molar-refractivity contribution in [3.8, 4) is 5.75 Å². The lowest BCUT2D eigenvalue weighted by Crippen LogP contribution is -2.42. The van der Waals surface area contributed by atoms with Crippen molar-refractivity contribution >= 4 is 5.91 Å². The summed E-state index contributed by atoms with van der Waals surface area (Å²) in [4.78, 5) is 14.7. The van der Waals surface area contributed by atoms with Gasteiger partial charge in [-0.05, 0) is 49.4 Å². The minimum atomic E-state index is 0.250. The minimum Gasteiger partial charge on any atom is -0.493 e. The summed E-state index contributed by atoms with van der Waals surface area (Å²) in [7, 11) is 0. The lowest BCUT2D eigenvalue weighted by molar-refractivity contribution is -0.134. The second-order valence-electron chi connectivity index (χ2n) is 7.00. The molecule has 0 aromatic heterocycles. The molecule has 2 aliphatic heterocycles. The van der Waals surface area contributed by atoms with Crippen molar-refractivity contribution in [1.82, 2.24) is 10.2 Å². The van der Waals surface area contributed by atoms with Crippen LogP contribution in [-0.2, 0) is 4.79 Å². The molecule has 2 heterocycles. The molecule has 1 N–H and O–H groups in total. The van der Waals surface area contributed by atoms with Gasteiger partial charge in [-0.25, -0.2) is 0 Å². The Morgan fingerprint density at radius 1 is 1.22 bits per heavy atom. The Morgan fingerprint density at radius 3 is 2.70 bits per heavy atom. The zero-order chi connectivity index (χ0) is 16.2. The molecule has 2 aliphatic rings. The summed E-state index contributed by atoms with van der Waals surface area (Å²) in [5, 5.41) is 3.43. The minimum absolute atomic E-state index is 0.250. The Balaban J connectivity index is 1.49. The molecule has 3 rings (SSSR count). The molecule has 1 aromatic carbocycles. The van der Waals surface area contributed by atoms with Crippen molar-refractivity contribution in [3.63, 3.8) is 0 Å². The van der Waals surface area contributed by atoms with Crippen molar-refractivity contribution < 1.29 is 9.53 Å². The lowest BCUT2D eigenvalue weighted by Gasteiger charge is -2.28. The molecule has 1 aromatic rings. The van der Waals surface area contributed by atoms with Gasteiger partial charge in [-0.3, -0.25) is 4.79 Å². The predicted octanol–water partition coefficient (Wildman–Crippen LogP) is 2.93. The van der Waals surface area contributed by atoms with Crippen LogP contribution in [-0.4, -0.2) is 42.6 Å². The average molecular weight is 316 g/mol. The smallest absolute Gasteiger partial charge is 0.226 e. The van der Waals surface area contributed by atoms with Gasteiger partial charge in [0.1, 0.15) is 5.75 Å². The summed E-state index contributed by atoms with van der Waals surface area (Å²) in [6, 6.07) is 9.03. The molecule has 0 aliphatic carbocycles. The maximum absolute atomic E-state index is 12.6. The van der Waals surface area contributed by atoms with Gasteiger partial charge in [0, 0.05) is 18.6 Å². The van der Waals surface area contributed by atoms with E-state index in [9.17, 15) is 4.79 Å². The van der Waals surface area contributed by atoms with Gasteiger partial charge in [0.15, 0.2) is 0 Å². The number of benzene rings is 1. The van der Waals surface area contributed by atoms with Gasteiger partial charge in [-0.1, -0.05) is 26.0 Å². The fourth-order valence-corrected chi connectivity index (χ4v) is 3.72. The molecule has 126 valence electrons. The van der Waals surface area contributed by atoms with E-state index in [2.05, 4.69) is 36.2 Å². The summed E-state index contributed by atoms with van der Waals surface area (Å²) in [6.45, 7) is 6.80. The van der Waals surface area contributed by atoms with E-state index in [0.29, 0.717) is 31.0 Å². The van der Waals surface area contributed by atoms with E-state index in [0.717, 1.165) is 38.1 Å². The number of amides is 1. The highest BCUT2D eigenvalue weighted by Gasteiger charge is 2.37. The van der Waals surface area contributed by atoms with E-state index in [-0.39, 0.29) is 5.91 Å². The Kier molecular flexibility index (Phi) is 5.21. The predicted molar refractivity (Wildman–Crippen MR) is 91.8 cm³/mol. The Morgan fingerprint density at radius 2 is 1.96 bits per heavy atom. The largest absolute Gasteiger partial charge is 0.493 e. The molecule has 0 radical (unpaired) electrons. The summed E-state index contributed by atoms with van der Waals surface area (Å²) >= 11 is 0. The van der Waals surface area contributed by atoms with Crippen LogP contribution in [0.1, 0.15) is 51.0 Å². The van der Waals surface area contributed by atoms with Gasteiger partial charge >= 0.3 is 0 Å². The first-order chi connectivity index (χ1) is 11.1. The number of carbonyl (C=O) groups is 1. The van der Waals surface area contributed by atoms with Crippen LogP contribution >= 0.6 is 0 Å². The number of carbonyl (C=O) groups excluding carboxylic acids is 1. The maximum atomic E-state index is 12.6. The lowest BCUT2D eigenvalue weighted by atomic mass is 10.0. The molecule has 2 fully saturated rings. The second-order valence-corrected chi connectivity index (χ2v) is 7.00. The zero-order valence-electron chi connectivity index (χ0n) is 14.3. The van der Waals surface area contributed by atoms with E-state index in [1.54, 1.807) is 0 Å². The van der Waals surface area contributed by atoms with Crippen molar-refractivity contribution in [2.45, 2.75) is 57.5 Å². The van der Waals surface area contributed by atoms with E-state index in [4.69, 9.17) is 4.74 Å². The Bertz CT molecular complexity index is 513. The molecule has 2 bridgehead atoms. The van der Waals surface area contributed by atoms with Crippen LogP contribution < -0.4 is 10.1 Å². The highest BCUT2D eigenvalue weighted by Crippen LogP contribution is 2.28. The van der Waals surface area contributed by atoms with Crippen LogP contribution in [0.2, 0.25) is 0 Å². The van der Waals surface area contributed by atoms with Gasteiger partial charge in [-0.2, -0.15) is 0 Å². The normalized spacial score (nSPS) is 23.9. The number of nitrogens with one attached hydrogen (secondary N) is 1. The average Bonchev–Trinajstić information content (AvgIpc) is 2.80. The van der Waals surface area contributed by atoms with Gasteiger partial charge < -0.3 is 15.0 Å². The standard InChI is InChI=1S/C19H28N2O2/c1-14(2)15-3-7-18(8-4-15)23-12-10-19(22)21-16-5-6-17(21)13-20-11-9-16/h3-4,7-8,14,16-17,20H,5-6,9-13H2,1-2H3. The van der Waals surface area contributed by atoms with Crippen LogP contribution in [0.15, 0.2) is 24.3 Å². The number of hydrogen-bond donors (Lipinski definition) is 1. The first-order valence-electron chi connectivity index (χ1n) is 8.90. The third kappa shape index (κ3) is 3.86. The van der Waals surface area contributed by atoms with Gasteiger partial charge in [0.05, 0.1) is 13.0 Å². The van der Waals surface area contributed by atoms with Crippen LogP contribution in [0.3, 0.4) is 0 Å². The molecular weight excluding hydrogens is 288 g/mol. The second kappa shape index (κ2) is 7.35. The monoisotopic (exact) mass is 316 g/mol. The van der Waals surface area contributed by atoms with Crippen molar-refractivity contribution in [1.29, 1.82) is 0 Å². The summed E-state index contributed by atoms with van der Waals surface area (Å²) in [6.07, 6.45) is 3.86. The molecule has 2 atom stereocenters. The Labute approximate surface area is 139 Å². The van der Waals surface area contributed by atoms with Crippen LogP contribution in [0, 0.1) is 0 Å². The molecule has 0 saturated carbocycles. The van der Waals surface area contributed by atoms with Gasteiger partial charge in [0.25, 0.3) is 0 Å². The van der Waals surface area contributed by atoms with Crippen molar-refractivity contribution in [2.75, 3.05) is 19.7 Å². The third-order valence-corrected chi connectivity index (χ3v) is 5.07. The summed E-state index contributed by atoms with van der Waals surface area (Å²) in [5.41, 5.74) is 1.31. The fourth-order valence-electron chi connectivity index (χ4n) is 3.72. The number of rotatable bonds is 5.